The van der Waals surface area contributed by atoms with Crippen molar-refractivity contribution in [1.82, 2.24) is 15.2 Å². The van der Waals surface area contributed by atoms with Crippen molar-refractivity contribution in [1.29, 1.82) is 0 Å². The Hall–Kier alpha value is -3.42. The molecule has 1 aliphatic rings. The third-order valence-corrected chi connectivity index (χ3v) is 6.13. The number of hydrogen-bond acceptors (Lipinski definition) is 6. The normalized spacial score (nSPS) is 15.1. The van der Waals surface area contributed by atoms with Crippen LogP contribution in [0.3, 0.4) is 0 Å². The van der Waals surface area contributed by atoms with Crippen molar-refractivity contribution in [3.8, 4) is 0 Å². The zero-order valence-corrected chi connectivity index (χ0v) is 17.3. The van der Waals surface area contributed by atoms with E-state index in [1.165, 1.54) is 12.1 Å². The van der Waals surface area contributed by atoms with Gasteiger partial charge in [0.25, 0.3) is 5.91 Å². The highest BCUT2D eigenvalue weighted by Gasteiger charge is 2.25. The summed E-state index contributed by atoms with van der Waals surface area (Å²) in [6.07, 6.45) is 2.94. The second kappa shape index (κ2) is 8.02. The fourth-order valence-electron chi connectivity index (χ4n) is 4.26. The Morgan fingerprint density at radius 3 is 2.71 bits per heavy atom. The average molecular weight is 422 g/mol. The summed E-state index contributed by atoms with van der Waals surface area (Å²) in [6.45, 7) is 2.38. The standard InChI is InChI=1S/C23H23FN4O3/c1-27(23(29)21-17-4-2-3-5-19(17)30-25-21)11-8-15-9-12-28(13-10-15)22-18-7-6-16(24)14-20(18)31-26-22/h2-7,14-15H,8-13H2,1H3. The van der Waals surface area contributed by atoms with E-state index in [9.17, 15) is 9.18 Å². The van der Waals surface area contributed by atoms with Gasteiger partial charge in [-0.3, -0.25) is 4.79 Å². The highest BCUT2D eigenvalue weighted by Crippen LogP contribution is 2.31. The molecule has 0 saturated carbocycles. The maximum atomic E-state index is 13.4. The second-order valence-electron chi connectivity index (χ2n) is 8.12. The summed E-state index contributed by atoms with van der Waals surface area (Å²) in [5.74, 6) is 0.852. The van der Waals surface area contributed by atoms with Gasteiger partial charge in [0.05, 0.1) is 10.8 Å². The molecule has 1 aliphatic heterocycles. The number of fused-ring (bicyclic) bond motifs is 2. The Kier molecular flexibility index (Phi) is 5.05. The first-order valence-electron chi connectivity index (χ1n) is 10.5. The third-order valence-electron chi connectivity index (χ3n) is 6.13. The molecule has 31 heavy (non-hydrogen) atoms. The molecule has 0 spiro atoms. The summed E-state index contributed by atoms with van der Waals surface area (Å²) >= 11 is 0. The van der Waals surface area contributed by atoms with E-state index in [-0.39, 0.29) is 11.7 Å². The van der Waals surface area contributed by atoms with Crippen molar-refractivity contribution in [2.75, 3.05) is 31.6 Å². The molecule has 0 bridgehead atoms. The van der Waals surface area contributed by atoms with Crippen LogP contribution in [0, 0.1) is 11.7 Å². The van der Waals surface area contributed by atoms with E-state index in [0.29, 0.717) is 29.3 Å². The number of piperidine rings is 1. The molecule has 0 aliphatic carbocycles. The van der Waals surface area contributed by atoms with Gasteiger partial charge < -0.3 is 18.8 Å². The van der Waals surface area contributed by atoms with Crippen molar-refractivity contribution >= 4 is 33.7 Å². The molecule has 1 fully saturated rings. The van der Waals surface area contributed by atoms with Crippen LogP contribution in [-0.2, 0) is 0 Å². The summed E-state index contributed by atoms with van der Waals surface area (Å²) in [5.41, 5.74) is 1.45. The summed E-state index contributed by atoms with van der Waals surface area (Å²) in [5, 5.41) is 9.70. The number of anilines is 1. The van der Waals surface area contributed by atoms with Crippen LogP contribution in [0.4, 0.5) is 10.2 Å². The maximum absolute atomic E-state index is 13.4. The number of amides is 1. The summed E-state index contributed by atoms with van der Waals surface area (Å²) < 4.78 is 23.9. The van der Waals surface area contributed by atoms with Gasteiger partial charge in [0.15, 0.2) is 22.7 Å². The van der Waals surface area contributed by atoms with Gasteiger partial charge in [-0.1, -0.05) is 22.4 Å². The van der Waals surface area contributed by atoms with E-state index in [4.69, 9.17) is 9.05 Å². The first-order valence-corrected chi connectivity index (χ1v) is 10.5. The molecule has 160 valence electrons. The molecular formula is C23H23FN4O3. The molecule has 2 aromatic heterocycles. The quantitative estimate of drug-likeness (QED) is 0.472. The molecule has 8 heteroatoms. The van der Waals surface area contributed by atoms with Crippen LogP contribution in [0.5, 0.6) is 0 Å². The number of carbonyl (C=O) groups excluding carboxylic acids is 1. The van der Waals surface area contributed by atoms with E-state index in [0.717, 1.165) is 48.9 Å². The lowest BCUT2D eigenvalue weighted by Gasteiger charge is -2.32. The number of carbonyl (C=O) groups is 1. The van der Waals surface area contributed by atoms with Crippen molar-refractivity contribution in [3.05, 3.63) is 54.0 Å². The minimum atomic E-state index is -0.328. The van der Waals surface area contributed by atoms with Crippen LogP contribution in [0.1, 0.15) is 29.8 Å². The zero-order valence-electron chi connectivity index (χ0n) is 17.3. The molecule has 0 unspecified atom stereocenters. The first kappa shape index (κ1) is 19.5. The van der Waals surface area contributed by atoms with Crippen LogP contribution >= 0.6 is 0 Å². The van der Waals surface area contributed by atoms with E-state index in [1.807, 2.05) is 31.3 Å². The van der Waals surface area contributed by atoms with Crippen molar-refractivity contribution in [2.24, 2.45) is 5.92 Å². The minimum absolute atomic E-state index is 0.122. The fraction of sp³-hybridized carbons (Fsp3) is 0.348. The third kappa shape index (κ3) is 3.73. The predicted octanol–water partition coefficient (Wildman–Crippen LogP) is 4.49. The number of rotatable bonds is 5. The lowest BCUT2D eigenvalue weighted by atomic mass is 9.93. The number of aromatic nitrogens is 2. The van der Waals surface area contributed by atoms with Crippen LogP contribution in [0.25, 0.3) is 21.9 Å². The number of para-hydroxylation sites is 1. The van der Waals surface area contributed by atoms with E-state index < -0.39 is 0 Å². The van der Waals surface area contributed by atoms with Gasteiger partial charge in [0.1, 0.15) is 5.82 Å². The van der Waals surface area contributed by atoms with E-state index >= 15 is 0 Å². The zero-order chi connectivity index (χ0) is 21.4. The van der Waals surface area contributed by atoms with Gasteiger partial charge in [-0.05, 0) is 49.4 Å². The highest BCUT2D eigenvalue weighted by molar-refractivity contribution is 6.03. The number of halogens is 1. The van der Waals surface area contributed by atoms with Gasteiger partial charge in [-0.2, -0.15) is 0 Å². The summed E-state index contributed by atoms with van der Waals surface area (Å²) in [7, 11) is 1.81. The largest absolute Gasteiger partial charge is 0.355 e. The Morgan fingerprint density at radius 2 is 1.87 bits per heavy atom. The minimum Gasteiger partial charge on any atom is -0.355 e. The first-order chi connectivity index (χ1) is 15.1. The smallest absolute Gasteiger partial charge is 0.276 e. The van der Waals surface area contributed by atoms with Crippen molar-refractivity contribution in [2.45, 2.75) is 19.3 Å². The van der Waals surface area contributed by atoms with Gasteiger partial charge in [-0.15, -0.1) is 0 Å². The predicted molar refractivity (Wildman–Crippen MR) is 114 cm³/mol. The Bertz CT molecular complexity index is 1230. The van der Waals surface area contributed by atoms with Gasteiger partial charge in [0, 0.05) is 32.7 Å². The topological polar surface area (TPSA) is 75.6 Å². The Morgan fingerprint density at radius 1 is 1.10 bits per heavy atom. The van der Waals surface area contributed by atoms with Crippen LogP contribution < -0.4 is 4.90 Å². The van der Waals surface area contributed by atoms with Gasteiger partial charge >= 0.3 is 0 Å². The van der Waals surface area contributed by atoms with Crippen molar-refractivity contribution < 1.29 is 18.2 Å². The Balaban J connectivity index is 1.17. The van der Waals surface area contributed by atoms with Crippen LogP contribution in [-0.4, -0.2) is 47.8 Å². The second-order valence-corrected chi connectivity index (χ2v) is 8.12. The van der Waals surface area contributed by atoms with Gasteiger partial charge in [-0.25, -0.2) is 4.39 Å². The van der Waals surface area contributed by atoms with E-state index in [2.05, 4.69) is 15.2 Å². The average Bonchev–Trinajstić information content (AvgIpc) is 3.41. The molecule has 4 aromatic rings. The van der Waals surface area contributed by atoms with Crippen LogP contribution in [0.15, 0.2) is 51.5 Å². The molecule has 0 radical (unpaired) electrons. The Labute approximate surface area is 178 Å². The molecule has 0 N–H and O–H groups in total. The number of hydrogen-bond donors (Lipinski definition) is 0. The monoisotopic (exact) mass is 422 g/mol. The molecule has 0 atom stereocenters. The highest BCUT2D eigenvalue weighted by atomic mass is 19.1. The lowest BCUT2D eigenvalue weighted by molar-refractivity contribution is 0.0776. The molecule has 7 nitrogen and oxygen atoms in total. The van der Waals surface area contributed by atoms with E-state index in [1.54, 1.807) is 11.0 Å². The number of benzene rings is 2. The molecule has 5 rings (SSSR count). The lowest BCUT2D eigenvalue weighted by Crippen LogP contribution is -2.36. The molecule has 1 saturated heterocycles. The molecule has 1 amide bonds. The fourth-order valence-corrected chi connectivity index (χ4v) is 4.26. The van der Waals surface area contributed by atoms with Crippen LogP contribution in [0.2, 0.25) is 0 Å². The summed E-state index contributed by atoms with van der Waals surface area (Å²) in [4.78, 5) is 16.7. The SMILES string of the molecule is CN(CCC1CCN(c2noc3cc(F)ccc23)CC1)C(=O)c1noc2ccccc12. The number of nitrogens with zero attached hydrogens (tertiary/aromatic N) is 4. The molecule has 2 aromatic carbocycles. The van der Waals surface area contributed by atoms with Crippen molar-refractivity contribution in [3.63, 3.8) is 0 Å². The summed E-state index contributed by atoms with van der Waals surface area (Å²) in [6, 6.07) is 11.9. The van der Waals surface area contributed by atoms with Gasteiger partial charge in [0.2, 0.25) is 0 Å². The molecule has 3 heterocycles. The molecular weight excluding hydrogens is 399 g/mol. The maximum Gasteiger partial charge on any atom is 0.276 e.